The lowest BCUT2D eigenvalue weighted by atomic mass is 10.1. The van der Waals surface area contributed by atoms with Gasteiger partial charge in [-0.1, -0.05) is 16.5 Å². The Bertz CT molecular complexity index is 256. The maximum atomic E-state index is 12.6. The van der Waals surface area contributed by atoms with Crippen molar-refractivity contribution in [2.24, 2.45) is 5.73 Å². The molecule has 7 heteroatoms. The molecule has 0 rings (SSSR count). The van der Waals surface area contributed by atoms with E-state index in [0.29, 0.717) is 6.42 Å². The van der Waals surface area contributed by atoms with Crippen LogP contribution in [0.15, 0.2) is 0 Å². The van der Waals surface area contributed by atoms with Crippen LogP contribution in [0.1, 0.15) is 19.8 Å². The van der Waals surface area contributed by atoms with E-state index in [2.05, 4.69) is 0 Å². The van der Waals surface area contributed by atoms with Crippen LogP contribution in [0, 0.1) is 0 Å². The highest BCUT2D eigenvalue weighted by atomic mass is 19.2. The quantitative estimate of drug-likeness (QED) is 0.476. The SMILES string of the molecule is CC[C@H](N)CC(=O)N(F)C(=O)C(=O)O. The molecule has 80 valence electrons. The summed E-state index contributed by atoms with van der Waals surface area (Å²) in [6, 6.07) is -0.581. The summed E-state index contributed by atoms with van der Waals surface area (Å²) in [6.07, 6.45) is 0.0346. The van der Waals surface area contributed by atoms with Crippen molar-refractivity contribution in [1.29, 1.82) is 0 Å². The van der Waals surface area contributed by atoms with Gasteiger partial charge in [0.05, 0.1) is 0 Å². The summed E-state index contributed by atoms with van der Waals surface area (Å²) < 4.78 is 12.6. The lowest BCUT2D eigenvalue weighted by molar-refractivity contribution is -0.172. The highest BCUT2D eigenvalue weighted by Gasteiger charge is 2.28. The molecule has 6 nitrogen and oxygen atoms in total. The van der Waals surface area contributed by atoms with E-state index >= 15 is 0 Å². The average Bonchev–Trinajstić information content (AvgIpc) is 2.14. The highest BCUT2D eigenvalue weighted by Crippen LogP contribution is 2.01. The van der Waals surface area contributed by atoms with Gasteiger partial charge in [0.25, 0.3) is 5.91 Å². The Morgan fingerprint density at radius 2 is 2.00 bits per heavy atom. The molecule has 0 aromatic heterocycles. The second-order valence-electron chi connectivity index (χ2n) is 2.66. The van der Waals surface area contributed by atoms with Gasteiger partial charge in [-0.3, -0.25) is 9.59 Å². The molecule has 0 radical (unpaired) electrons. The van der Waals surface area contributed by atoms with Gasteiger partial charge in [-0.2, -0.15) is 0 Å². The zero-order chi connectivity index (χ0) is 11.3. The second-order valence-corrected chi connectivity index (χ2v) is 2.66. The Balaban J connectivity index is 4.26. The molecule has 0 unspecified atom stereocenters. The number of amides is 2. The van der Waals surface area contributed by atoms with Crippen molar-refractivity contribution in [3.8, 4) is 0 Å². The summed E-state index contributed by atoms with van der Waals surface area (Å²) >= 11 is 0. The molecule has 2 amide bonds. The summed E-state index contributed by atoms with van der Waals surface area (Å²) in [5.41, 5.74) is 5.32. The number of carbonyl (C=O) groups is 3. The van der Waals surface area contributed by atoms with Crippen molar-refractivity contribution < 1.29 is 24.0 Å². The number of hydrogen-bond acceptors (Lipinski definition) is 4. The van der Waals surface area contributed by atoms with Gasteiger partial charge in [0.2, 0.25) is 0 Å². The molecule has 3 N–H and O–H groups in total. The minimum Gasteiger partial charge on any atom is -0.474 e. The molecule has 0 bridgehead atoms. The first kappa shape index (κ1) is 12.5. The molecule has 0 aliphatic rings. The van der Waals surface area contributed by atoms with Crippen LogP contribution < -0.4 is 5.73 Å². The van der Waals surface area contributed by atoms with Gasteiger partial charge in [-0.25, -0.2) is 4.79 Å². The predicted octanol–water partition coefficient (Wildman–Crippen LogP) is -0.562. The minimum absolute atomic E-state index is 0.397. The minimum atomic E-state index is -2.02. The van der Waals surface area contributed by atoms with Gasteiger partial charge >= 0.3 is 11.9 Å². The maximum Gasteiger partial charge on any atom is 0.397 e. The van der Waals surface area contributed by atoms with Gasteiger partial charge in [0.15, 0.2) is 0 Å². The van der Waals surface area contributed by atoms with E-state index in [4.69, 9.17) is 10.8 Å². The normalized spacial score (nSPS) is 11.9. The van der Waals surface area contributed by atoms with Crippen LogP contribution in [0.2, 0.25) is 0 Å². The van der Waals surface area contributed by atoms with Gasteiger partial charge < -0.3 is 10.8 Å². The Morgan fingerprint density at radius 3 is 2.36 bits per heavy atom. The summed E-state index contributed by atoms with van der Waals surface area (Å²) in [4.78, 5) is 31.3. The third-order valence-corrected chi connectivity index (χ3v) is 1.54. The number of carbonyl (C=O) groups excluding carboxylic acids is 2. The number of imide groups is 1. The molecule has 0 aromatic rings. The molecule has 0 fully saturated rings. The van der Waals surface area contributed by atoms with Crippen LogP contribution in [0.25, 0.3) is 0 Å². The topological polar surface area (TPSA) is 101 Å². The molecule has 0 spiro atoms. The van der Waals surface area contributed by atoms with E-state index in [0.717, 1.165) is 0 Å². The van der Waals surface area contributed by atoms with Crippen molar-refractivity contribution in [3.05, 3.63) is 0 Å². The lowest BCUT2D eigenvalue weighted by Gasteiger charge is -2.10. The van der Waals surface area contributed by atoms with Crippen molar-refractivity contribution in [1.82, 2.24) is 5.12 Å². The lowest BCUT2D eigenvalue weighted by Crippen LogP contribution is -2.37. The largest absolute Gasteiger partial charge is 0.474 e. The third-order valence-electron chi connectivity index (χ3n) is 1.54. The Kier molecular flexibility index (Phi) is 4.71. The van der Waals surface area contributed by atoms with Crippen molar-refractivity contribution in [3.63, 3.8) is 0 Å². The fraction of sp³-hybridized carbons (Fsp3) is 0.571. The molecular weight excluding hydrogens is 195 g/mol. The van der Waals surface area contributed by atoms with Crippen LogP contribution in [0.5, 0.6) is 0 Å². The van der Waals surface area contributed by atoms with E-state index in [1.54, 1.807) is 6.92 Å². The number of nitrogens with two attached hydrogens (primary N) is 1. The molecular formula is C7H11FN2O4. The van der Waals surface area contributed by atoms with Crippen LogP contribution in [-0.4, -0.2) is 34.1 Å². The number of nitrogens with zero attached hydrogens (tertiary/aromatic N) is 1. The second kappa shape index (κ2) is 5.28. The van der Waals surface area contributed by atoms with E-state index in [9.17, 15) is 18.9 Å². The zero-order valence-corrected chi connectivity index (χ0v) is 7.57. The molecule has 0 aromatic carbocycles. The first-order valence-electron chi connectivity index (χ1n) is 3.91. The van der Waals surface area contributed by atoms with E-state index in [1.807, 2.05) is 0 Å². The Morgan fingerprint density at radius 1 is 1.50 bits per heavy atom. The van der Waals surface area contributed by atoms with Gasteiger partial charge in [-0.15, -0.1) is 0 Å². The summed E-state index contributed by atoms with van der Waals surface area (Å²) in [6.45, 7) is 1.68. The van der Waals surface area contributed by atoms with E-state index < -0.39 is 35.4 Å². The number of aliphatic carboxylic acids is 1. The summed E-state index contributed by atoms with van der Waals surface area (Å²) in [5, 5.41) is 7.15. The molecule has 14 heavy (non-hydrogen) atoms. The smallest absolute Gasteiger partial charge is 0.397 e. The van der Waals surface area contributed by atoms with Crippen LogP contribution in [0.4, 0.5) is 4.48 Å². The number of halogens is 1. The molecule has 0 aliphatic carbocycles. The number of carboxylic acid groups (broad SMARTS) is 1. The maximum absolute atomic E-state index is 12.6. The zero-order valence-electron chi connectivity index (χ0n) is 7.57. The van der Waals surface area contributed by atoms with Gasteiger partial charge in [-0.05, 0) is 6.42 Å². The molecule has 1 atom stereocenters. The van der Waals surface area contributed by atoms with Crippen LogP contribution in [-0.2, 0) is 14.4 Å². The number of hydrogen-bond donors (Lipinski definition) is 2. The van der Waals surface area contributed by atoms with Crippen LogP contribution in [0.3, 0.4) is 0 Å². The Hall–Kier alpha value is -1.50. The third kappa shape index (κ3) is 3.48. The molecule has 0 aliphatic heterocycles. The summed E-state index contributed by atoms with van der Waals surface area (Å²) in [5.74, 6) is -5.17. The van der Waals surface area contributed by atoms with Crippen molar-refractivity contribution in [2.75, 3.05) is 0 Å². The standard InChI is InChI=1S/C7H11FN2O4/c1-2-4(9)3-5(11)10(8)6(12)7(13)14/h4H,2-3,9H2,1H3,(H,13,14)/t4-/m0/s1. The molecule has 0 saturated heterocycles. The molecule has 0 saturated carbocycles. The first-order chi connectivity index (χ1) is 6.40. The fourth-order valence-corrected chi connectivity index (χ4v) is 0.646. The number of rotatable bonds is 3. The van der Waals surface area contributed by atoms with Crippen LogP contribution >= 0.6 is 0 Å². The predicted molar refractivity (Wildman–Crippen MR) is 43.5 cm³/mol. The van der Waals surface area contributed by atoms with E-state index in [1.165, 1.54) is 0 Å². The monoisotopic (exact) mass is 206 g/mol. The van der Waals surface area contributed by atoms with Crippen molar-refractivity contribution >= 4 is 17.8 Å². The van der Waals surface area contributed by atoms with Gasteiger partial charge in [0.1, 0.15) is 0 Å². The highest BCUT2D eigenvalue weighted by molar-refractivity contribution is 6.33. The fourth-order valence-electron chi connectivity index (χ4n) is 0.646. The molecule has 0 heterocycles. The average molecular weight is 206 g/mol. The number of carboxylic acids is 1. The van der Waals surface area contributed by atoms with Gasteiger partial charge in [0, 0.05) is 12.5 Å². The summed E-state index contributed by atoms with van der Waals surface area (Å²) in [7, 11) is 0. The first-order valence-corrected chi connectivity index (χ1v) is 3.91. The Labute approximate surface area is 79.4 Å². The van der Waals surface area contributed by atoms with E-state index in [-0.39, 0.29) is 0 Å². The van der Waals surface area contributed by atoms with Crippen molar-refractivity contribution in [2.45, 2.75) is 25.8 Å².